The number of carbonyl (C=O) groups excluding carboxylic acids is 2. The predicted molar refractivity (Wildman–Crippen MR) is 93.7 cm³/mol. The van der Waals surface area contributed by atoms with Crippen molar-refractivity contribution >= 4 is 11.9 Å². The van der Waals surface area contributed by atoms with E-state index in [-0.39, 0.29) is 18.5 Å². The van der Waals surface area contributed by atoms with Crippen LogP contribution in [0.5, 0.6) is 0 Å². The number of piperidine rings is 2. The summed E-state index contributed by atoms with van der Waals surface area (Å²) in [5.41, 5.74) is 0. The SMILES string of the molecule is CN1CCC(C2CCN(CCC(=O)OCC(=O)N(C)C)CC2)CC1. The second-order valence-corrected chi connectivity index (χ2v) is 7.52. The van der Waals surface area contributed by atoms with Gasteiger partial charge in [-0.3, -0.25) is 9.59 Å². The summed E-state index contributed by atoms with van der Waals surface area (Å²) in [4.78, 5) is 29.3. The van der Waals surface area contributed by atoms with E-state index in [1.165, 1.54) is 43.7 Å². The number of likely N-dealkylation sites (tertiary alicyclic amines) is 2. The largest absolute Gasteiger partial charge is 0.456 e. The van der Waals surface area contributed by atoms with Gasteiger partial charge in [0.15, 0.2) is 6.61 Å². The molecule has 6 heteroatoms. The van der Waals surface area contributed by atoms with Crippen LogP contribution >= 0.6 is 0 Å². The van der Waals surface area contributed by atoms with E-state index in [1.807, 2.05) is 0 Å². The molecule has 2 aliphatic rings. The first-order valence-corrected chi connectivity index (χ1v) is 9.22. The molecule has 138 valence electrons. The van der Waals surface area contributed by atoms with Crippen LogP contribution in [-0.4, -0.2) is 87.0 Å². The van der Waals surface area contributed by atoms with E-state index < -0.39 is 0 Å². The average molecular weight is 339 g/mol. The molecule has 2 saturated heterocycles. The summed E-state index contributed by atoms with van der Waals surface area (Å²) in [5.74, 6) is 1.30. The van der Waals surface area contributed by atoms with Crippen LogP contribution in [0.3, 0.4) is 0 Å². The Balaban J connectivity index is 1.59. The average Bonchev–Trinajstić information content (AvgIpc) is 2.59. The van der Waals surface area contributed by atoms with Crippen LogP contribution in [-0.2, 0) is 14.3 Å². The standard InChI is InChI=1S/C18H33N3O3/c1-19(2)17(22)14-24-18(23)8-13-21-11-6-16(7-12-21)15-4-9-20(3)10-5-15/h15-16H,4-14H2,1-3H3. The highest BCUT2D eigenvalue weighted by Gasteiger charge is 2.28. The highest BCUT2D eigenvalue weighted by atomic mass is 16.5. The summed E-state index contributed by atoms with van der Waals surface area (Å²) in [6.45, 7) is 5.24. The highest BCUT2D eigenvalue weighted by Crippen LogP contribution is 2.32. The topological polar surface area (TPSA) is 53.1 Å². The molecule has 0 bridgehead atoms. The maximum Gasteiger partial charge on any atom is 0.307 e. The van der Waals surface area contributed by atoms with Crippen molar-refractivity contribution in [2.75, 3.05) is 60.5 Å². The van der Waals surface area contributed by atoms with Gasteiger partial charge in [-0.25, -0.2) is 0 Å². The Hall–Kier alpha value is -1.14. The Morgan fingerprint density at radius 1 is 1.00 bits per heavy atom. The summed E-state index contributed by atoms with van der Waals surface area (Å²) in [6.07, 6.45) is 5.56. The van der Waals surface area contributed by atoms with Crippen LogP contribution in [0.4, 0.5) is 0 Å². The summed E-state index contributed by atoms with van der Waals surface area (Å²) in [7, 11) is 5.53. The molecule has 2 heterocycles. The fraction of sp³-hybridized carbons (Fsp3) is 0.889. The number of amides is 1. The van der Waals surface area contributed by atoms with Crippen molar-refractivity contribution in [3.63, 3.8) is 0 Å². The number of ether oxygens (including phenoxy) is 1. The van der Waals surface area contributed by atoms with Gasteiger partial charge in [0.05, 0.1) is 6.42 Å². The van der Waals surface area contributed by atoms with Crippen LogP contribution in [0, 0.1) is 11.8 Å². The van der Waals surface area contributed by atoms with Crippen molar-refractivity contribution in [2.45, 2.75) is 32.1 Å². The zero-order valence-electron chi connectivity index (χ0n) is 15.5. The number of esters is 1. The van der Waals surface area contributed by atoms with E-state index in [2.05, 4.69) is 16.8 Å². The molecule has 0 atom stereocenters. The molecule has 2 aliphatic heterocycles. The van der Waals surface area contributed by atoms with Crippen molar-refractivity contribution in [2.24, 2.45) is 11.8 Å². The molecule has 0 N–H and O–H groups in total. The number of hydrogen-bond donors (Lipinski definition) is 0. The van der Waals surface area contributed by atoms with Crippen LogP contribution in [0.15, 0.2) is 0 Å². The molecule has 0 aromatic carbocycles. The first-order valence-electron chi connectivity index (χ1n) is 9.22. The minimum Gasteiger partial charge on any atom is -0.456 e. The van der Waals surface area contributed by atoms with Gasteiger partial charge in [0.1, 0.15) is 0 Å². The molecule has 0 saturated carbocycles. The minimum atomic E-state index is -0.275. The third-order valence-electron chi connectivity index (χ3n) is 5.55. The van der Waals surface area contributed by atoms with Crippen LogP contribution in [0.25, 0.3) is 0 Å². The summed E-state index contributed by atoms with van der Waals surface area (Å²) >= 11 is 0. The third kappa shape index (κ3) is 6.06. The quantitative estimate of drug-likeness (QED) is 0.678. The number of rotatable bonds is 6. The minimum absolute atomic E-state index is 0.149. The van der Waals surface area contributed by atoms with Crippen LogP contribution < -0.4 is 0 Å². The molecule has 0 radical (unpaired) electrons. The van der Waals surface area contributed by atoms with Gasteiger partial charge in [0.2, 0.25) is 0 Å². The molecule has 6 nitrogen and oxygen atoms in total. The number of carbonyl (C=O) groups is 2. The van der Waals surface area contributed by atoms with Crippen molar-refractivity contribution in [1.29, 1.82) is 0 Å². The first kappa shape index (κ1) is 19.2. The van der Waals surface area contributed by atoms with Gasteiger partial charge in [-0.05, 0) is 70.7 Å². The van der Waals surface area contributed by atoms with Crippen LogP contribution in [0.1, 0.15) is 32.1 Å². The summed E-state index contributed by atoms with van der Waals surface area (Å²) < 4.78 is 5.02. The Bertz CT molecular complexity index is 412. The molecule has 0 spiro atoms. The lowest BCUT2D eigenvalue weighted by molar-refractivity contribution is -0.151. The lowest BCUT2D eigenvalue weighted by Gasteiger charge is -2.39. The predicted octanol–water partition coefficient (Wildman–Crippen LogP) is 1.06. The molecule has 0 aromatic rings. The zero-order valence-corrected chi connectivity index (χ0v) is 15.5. The van der Waals surface area contributed by atoms with Gasteiger partial charge in [0, 0.05) is 20.6 Å². The molecule has 0 unspecified atom stereocenters. The Labute approximate surface area is 146 Å². The number of nitrogens with zero attached hydrogens (tertiary/aromatic N) is 3. The fourth-order valence-electron chi connectivity index (χ4n) is 3.74. The molecule has 0 aromatic heterocycles. The number of hydrogen-bond acceptors (Lipinski definition) is 5. The second kappa shape index (κ2) is 9.37. The second-order valence-electron chi connectivity index (χ2n) is 7.52. The van der Waals surface area contributed by atoms with Gasteiger partial charge >= 0.3 is 5.97 Å². The Kier molecular flexibility index (Phi) is 7.49. The fourth-order valence-corrected chi connectivity index (χ4v) is 3.74. The maximum absolute atomic E-state index is 11.7. The molecule has 1 amide bonds. The normalized spacial score (nSPS) is 21.6. The van der Waals surface area contributed by atoms with Gasteiger partial charge < -0.3 is 19.4 Å². The Morgan fingerprint density at radius 2 is 1.54 bits per heavy atom. The highest BCUT2D eigenvalue weighted by molar-refractivity contribution is 5.80. The smallest absolute Gasteiger partial charge is 0.307 e. The third-order valence-corrected chi connectivity index (χ3v) is 5.55. The molecular formula is C18H33N3O3. The summed E-state index contributed by atoms with van der Waals surface area (Å²) in [6, 6.07) is 0. The van der Waals surface area contributed by atoms with Gasteiger partial charge in [-0.2, -0.15) is 0 Å². The van der Waals surface area contributed by atoms with Crippen molar-refractivity contribution in [1.82, 2.24) is 14.7 Å². The van der Waals surface area contributed by atoms with E-state index in [0.717, 1.165) is 31.5 Å². The molecule has 2 rings (SSSR count). The van der Waals surface area contributed by atoms with Crippen molar-refractivity contribution in [3.05, 3.63) is 0 Å². The van der Waals surface area contributed by atoms with E-state index in [4.69, 9.17) is 4.74 Å². The molecule has 0 aliphatic carbocycles. The van der Waals surface area contributed by atoms with E-state index in [1.54, 1.807) is 14.1 Å². The van der Waals surface area contributed by atoms with E-state index in [0.29, 0.717) is 6.42 Å². The van der Waals surface area contributed by atoms with Gasteiger partial charge in [-0.1, -0.05) is 0 Å². The van der Waals surface area contributed by atoms with E-state index in [9.17, 15) is 9.59 Å². The van der Waals surface area contributed by atoms with E-state index >= 15 is 0 Å². The summed E-state index contributed by atoms with van der Waals surface area (Å²) in [5, 5.41) is 0. The molecule has 2 fully saturated rings. The lowest BCUT2D eigenvalue weighted by atomic mass is 9.79. The molecule has 24 heavy (non-hydrogen) atoms. The van der Waals surface area contributed by atoms with Gasteiger partial charge in [-0.15, -0.1) is 0 Å². The van der Waals surface area contributed by atoms with Gasteiger partial charge in [0.25, 0.3) is 5.91 Å². The monoisotopic (exact) mass is 339 g/mol. The van der Waals surface area contributed by atoms with Crippen LogP contribution in [0.2, 0.25) is 0 Å². The first-order chi connectivity index (χ1) is 11.5. The molecular weight excluding hydrogens is 306 g/mol. The maximum atomic E-state index is 11.7. The Morgan fingerprint density at radius 3 is 2.08 bits per heavy atom. The zero-order chi connectivity index (χ0) is 17.5. The van der Waals surface area contributed by atoms with Crippen molar-refractivity contribution < 1.29 is 14.3 Å². The van der Waals surface area contributed by atoms with Crippen molar-refractivity contribution in [3.8, 4) is 0 Å². The number of likely N-dealkylation sites (N-methyl/N-ethyl adjacent to an activating group) is 1. The lowest BCUT2D eigenvalue weighted by Crippen LogP contribution is -2.40.